The van der Waals surface area contributed by atoms with Crippen LogP contribution in [0, 0.1) is 5.92 Å². The first-order chi connectivity index (χ1) is 9.19. The Bertz CT molecular complexity index is 309. The molecule has 19 heavy (non-hydrogen) atoms. The average Bonchev–Trinajstić information content (AvgIpc) is 3.05. The number of hydrogen-bond donors (Lipinski definition) is 0. The first kappa shape index (κ1) is 14.8. The molecule has 2 saturated heterocycles. The van der Waals surface area contributed by atoms with Gasteiger partial charge >= 0.3 is 0 Å². The van der Waals surface area contributed by atoms with Crippen molar-refractivity contribution in [3.63, 3.8) is 0 Å². The largest absolute Gasteiger partial charge is 0.384 e. The Labute approximate surface area is 117 Å². The molecule has 2 fully saturated rings. The lowest BCUT2D eigenvalue weighted by Gasteiger charge is -2.35. The highest BCUT2D eigenvalue weighted by Crippen LogP contribution is 2.30. The number of rotatable bonds is 5. The molecule has 2 aliphatic heterocycles. The predicted octanol–water partition coefficient (Wildman–Crippen LogP) is 1.74. The Morgan fingerprint density at radius 1 is 1.26 bits per heavy atom. The minimum Gasteiger partial charge on any atom is -0.384 e. The van der Waals surface area contributed by atoms with Gasteiger partial charge in [-0.2, -0.15) is 0 Å². The fourth-order valence-corrected chi connectivity index (χ4v) is 3.75. The number of carbonyl (C=O) groups is 1. The van der Waals surface area contributed by atoms with Gasteiger partial charge in [-0.15, -0.1) is 0 Å². The topological polar surface area (TPSA) is 32.8 Å². The molecule has 0 unspecified atom stereocenters. The van der Waals surface area contributed by atoms with E-state index >= 15 is 0 Å². The van der Waals surface area contributed by atoms with Crippen molar-refractivity contribution in [2.75, 3.05) is 33.4 Å². The van der Waals surface area contributed by atoms with E-state index in [1.165, 1.54) is 25.8 Å². The molecule has 110 valence electrons. The summed E-state index contributed by atoms with van der Waals surface area (Å²) in [7, 11) is 1.67. The Balaban J connectivity index is 2.02. The lowest BCUT2D eigenvalue weighted by atomic mass is 10.0. The smallest absolute Gasteiger partial charge is 0.228 e. The molecule has 2 heterocycles. The number of methoxy groups -OCH3 is 1. The van der Waals surface area contributed by atoms with Crippen molar-refractivity contribution in [1.29, 1.82) is 0 Å². The number of likely N-dealkylation sites (N-methyl/N-ethyl adjacent to an activating group) is 1. The third-order valence-electron chi connectivity index (χ3n) is 4.69. The Hall–Kier alpha value is -0.610. The monoisotopic (exact) mass is 268 g/mol. The van der Waals surface area contributed by atoms with E-state index in [9.17, 15) is 4.79 Å². The zero-order valence-electron chi connectivity index (χ0n) is 12.6. The molecular weight excluding hydrogens is 240 g/mol. The van der Waals surface area contributed by atoms with E-state index in [2.05, 4.69) is 16.7 Å². The van der Waals surface area contributed by atoms with Gasteiger partial charge in [0, 0.05) is 25.7 Å². The molecule has 1 amide bonds. The van der Waals surface area contributed by atoms with Crippen LogP contribution in [0.3, 0.4) is 0 Å². The molecule has 0 aromatic carbocycles. The zero-order chi connectivity index (χ0) is 13.8. The number of nitrogens with zero attached hydrogens (tertiary/aromatic N) is 2. The van der Waals surface area contributed by atoms with Crippen molar-refractivity contribution in [3.05, 3.63) is 0 Å². The van der Waals surface area contributed by atoms with E-state index in [0.29, 0.717) is 18.7 Å². The van der Waals surface area contributed by atoms with Gasteiger partial charge in [0.05, 0.1) is 12.5 Å². The Morgan fingerprint density at radius 2 is 1.95 bits per heavy atom. The molecule has 0 bridgehead atoms. The van der Waals surface area contributed by atoms with Gasteiger partial charge in [0.2, 0.25) is 5.91 Å². The van der Waals surface area contributed by atoms with Crippen LogP contribution >= 0.6 is 0 Å². The van der Waals surface area contributed by atoms with Gasteiger partial charge in [0.1, 0.15) is 0 Å². The second-order valence-electron chi connectivity index (χ2n) is 5.94. The third kappa shape index (κ3) is 3.11. The maximum absolute atomic E-state index is 12.5. The maximum Gasteiger partial charge on any atom is 0.228 e. The Morgan fingerprint density at radius 3 is 2.63 bits per heavy atom. The van der Waals surface area contributed by atoms with E-state index in [1.807, 2.05) is 6.92 Å². The van der Waals surface area contributed by atoms with Gasteiger partial charge in [0.25, 0.3) is 0 Å². The molecule has 0 aliphatic carbocycles. The van der Waals surface area contributed by atoms with E-state index in [1.54, 1.807) is 7.11 Å². The molecule has 4 heteroatoms. The quantitative estimate of drug-likeness (QED) is 0.761. The van der Waals surface area contributed by atoms with Crippen LogP contribution in [-0.2, 0) is 9.53 Å². The minimum atomic E-state index is -0.0120. The van der Waals surface area contributed by atoms with Gasteiger partial charge in [-0.25, -0.2) is 0 Å². The minimum absolute atomic E-state index is 0.0120. The normalized spacial score (nSPS) is 29.9. The molecule has 0 radical (unpaired) electrons. The summed E-state index contributed by atoms with van der Waals surface area (Å²) in [6.07, 6.45) is 4.86. The summed E-state index contributed by atoms with van der Waals surface area (Å²) in [5, 5.41) is 0. The second kappa shape index (κ2) is 6.71. The van der Waals surface area contributed by atoms with Gasteiger partial charge in [0.15, 0.2) is 0 Å². The van der Waals surface area contributed by atoms with Crippen molar-refractivity contribution >= 4 is 5.91 Å². The van der Waals surface area contributed by atoms with E-state index < -0.39 is 0 Å². The van der Waals surface area contributed by atoms with Crippen molar-refractivity contribution in [3.8, 4) is 0 Å². The van der Waals surface area contributed by atoms with E-state index in [-0.39, 0.29) is 11.8 Å². The summed E-state index contributed by atoms with van der Waals surface area (Å²) in [6.45, 7) is 7.99. The SMILES string of the molecule is CCN1CCC[C@@H]1[C@@H]1CCCN1C(=O)[C@@H](C)COC. The van der Waals surface area contributed by atoms with Gasteiger partial charge in [-0.1, -0.05) is 13.8 Å². The van der Waals surface area contributed by atoms with Gasteiger partial charge in [-0.3, -0.25) is 9.69 Å². The highest BCUT2D eigenvalue weighted by atomic mass is 16.5. The number of hydrogen-bond acceptors (Lipinski definition) is 3. The fourth-order valence-electron chi connectivity index (χ4n) is 3.75. The van der Waals surface area contributed by atoms with Crippen LogP contribution in [0.4, 0.5) is 0 Å². The maximum atomic E-state index is 12.5. The van der Waals surface area contributed by atoms with Crippen LogP contribution in [0.25, 0.3) is 0 Å². The lowest BCUT2D eigenvalue weighted by molar-refractivity contribution is -0.138. The molecule has 0 saturated carbocycles. The molecule has 4 nitrogen and oxygen atoms in total. The van der Waals surface area contributed by atoms with E-state index in [4.69, 9.17) is 4.74 Å². The Kier molecular flexibility index (Phi) is 5.22. The molecule has 2 aliphatic rings. The summed E-state index contributed by atoms with van der Waals surface area (Å²) < 4.78 is 5.13. The predicted molar refractivity (Wildman–Crippen MR) is 76.0 cm³/mol. The fraction of sp³-hybridized carbons (Fsp3) is 0.933. The van der Waals surface area contributed by atoms with Gasteiger partial charge in [-0.05, 0) is 38.8 Å². The molecule has 0 aromatic rings. The summed E-state index contributed by atoms with van der Waals surface area (Å²) in [4.78, 5) is 17.2. The molecule has 0 N–H and O–H groups in total. The lowest BCUT2D eigenvalue weighted by Crippen LogP contribution is -2.49. The number of ether oxygens (including phenoxy) is 1. The van der Waals surface area contributed by atoms with Crippen molar-refractivity contribution < 1.29 is 9.53 Å². The molecule has 2 rings (SSSR count). The summed E-state index contributed by atoms with van der Waals surface area (Å²) in [5.74, 6) is 0.273. The standard InChI is InChI=1S/C15H28N2O2/c1-4-16-9-5-7-13(16)14-8-6-10-17(14)15(18)12(2)11-19-3/h12-14H,4-11H2,1-3H3/t12-,13+,14-/m0/s1. The van der Waals surface area contributed by atoms with Crippen molar-refractivity contribution in [2.24, 2.45) is 5.92 Å². The number of likely N-dealkylation sites (tertiary alicyclic amines) is 2. The average molecular weight is 268 g/mol. The van der Waals surface area contributed by atoms with Crippen LogP contribution in [0.2, 0.25) is 0 Å². The zero-order valence-corrected chi connectivity index (χ0v) is 12.6. The van der Waals surface area contributed by atoms with Crippen LogP contribution in [0.1, 0.15) is 39.5 Å². The molecule has 0 spiro atoms. The second-order valence-corrected chi connectivity index (χ2v) is 5.94. The van der Waals surface area contributed by atoms with Crippen LogP contribution < -0.4 is 0 Å². The highest BCUT2D eigenvalue weighted by molar-refractivity contribution is 5.79. The van der Waals surface area contributed by atoms with Crippen LogP contribution in [0.15, 0.2) is 0 Å². The van der Waals surface area contributed by atoms with E-state index in [0.717, 1.165) is 19.5 Å². The summed E-state index contributed by atoms with van der Waals surface area (Å²) >= 11 is 0. The molecule has 3 atom stereocenters. The van der Waals surface area contributed by atoms with Crippen LogP contribution in [0.5, 0.6) is 0 Å². The van der Waals surface area contributed by atoms with Crippen molar-refractivity contribution in [2.45, 2.75) is 51.6 Å². The van der Waals surface area contributed by atoms with Gasteiger partial charge < -0.3 is 9.64 Å². The first-order valence-electron chi connectivity index (χ1n) is 7.72. The van der Waals surface area contributed by atoms with Crippen molar-refractivity contribution in [1.82, 2.24) is 9.80 Å². The highest BCUT2D eigenvalue weighted by Gasteiger charge is 2.39. The summed E-state index contributed by atoms with van der Waals surface area (Å²) in [6, 6.07) is 1.03. The molecular formula is C15H28N2O2. The first-order valence-corrected chi connectivity index (χ1v) is 7.72. The third-order valence-corrected chi connectivity index (χ3v) is 4.69. The number of amides is 1. The molecule has 0 aromatic heterocycles. The number of carbonyl (C=O) groups excluding carboxylic acids is 1. The van der Waals surface area contributed by atoms with Crippen LogP contribution in [-0.4, -0.2) is 61.1 Å². The summed E-state index contributed by atoms with van der Waals surface area (Å²) in [5.41, 5.74) is 0.